The van der Waals surface area contributed by atoms with E-state index in [-0.39, 0.29) is 0 Å². The Kier molecular flexibility index (Phi) is 7.39. The standard InChI is InChI=1S/C12H24O3/c1-12(2,3)8-6-4-5-7-9-15-11(14)10-13/h13H,4-10H2,1-3H3. The summed E-state index contributed by atoms with van der Waals surface area (Å²) in [4.78, 5) is 10.6. The van der Waals surface area contributed by atoms with Crippen molar-refractivity contribution in [2.75, 3.05) is 13.2 Å². The van der Waals surface area contributed by atoms with E-state index in [1.165, 1.54) is 19.3 Å². The molecule has 15 heavy (non-hydrogen) atoms. The lowest BCUT2D eigenvalue weighted by Crippen LogP contribution is -2.09. The highest BCUT2D eigenvalue weighted by Crippen LogP contribution is 2.22. The second-order valence-electron chi connectivity index (χ2n) is 5.10. The fraction of sp³-hybridized carbons (Fsp3) is 0.917. The van der Waals surface area contributed by atoms with Gasteiger partial charge in [-0.05, 0) is 18.3 Å². The van der Waals surface area contributed by atoms with Crippen molar-refractivity contribution in [3.05, 3.63) is 0 Å². The monoisotopic (exact) mass is 216 g/mol. The molecule has 0 aromatic rings. The number of esters is 1. The molecule has 0 radical (unpaired) electrons. The van der Waals surface area contributed by atoms with E-state index >= 15 is 0 Å². The molecule has 0 atom stereocenters. The lowest BCUT2D eigenvalue weighted by atomic mass is 9.89. The van der Waals surface area contributed by atoms with Crippen LogP contribution >= 0.6 is 0 Å². The van der Waals surface area contributed by atoms with E-state index in [4.69, 9.17) is 9.84 Å². The van der Waals surface area contributed by atoms with Crippen molar-refractivity contribution in [3.8, 4) is 0 Å². The van der Waals surface area contributed by atoms with Crippen LogP contribution in [0.3, 0.4) is 0 Å². The van der Waals surface area contributed by atoms with Gasteiger partial charge >= 0.3 is 5.97 Å². The Morgan fingerprint density at radius 2 is 1.73 bits per heavy atom. The van der Waals surface area contributed by atoms with E-state index in [0.717, 1.165) is 12.8 Å². The van der Waals surface area contributed by atoms with Gasteiger partial charge in [0, 0.05) is 0 Å². The molecule has 0 saturated carbocycles. The van der Waals surface area contributed by atoms with E-state index < -0.39 is 12.6 Å². The molecular weight excluding hydrogens is 192 g/mol. The van der Waals surface area contributed by atoms with Crippen LogP contribution in [0.2, 0.25) is 0 Å². The molecular formula is C12H24O3. The Bertz CT molecular complexity index is 170. The smallest absolute Gasteiger partial charge is 0.331 e. The first-order valence-electron chi connectivity index (χ1n) is 5.72. The van der Waals surface area contributed by atoms with Gasteiger partial charge in [-0.25, -0.2) is 4.79 Å². The van der Waals surface area contributed by atoms with Gasteiger partial charge in [-0.1, -0.05) is 40.0 Å². The molecule has 3 heteroatoms. The number of hydrogen-bond acceptors (Lipinski definition) is 3. The summed E-state index contributed by atoms with van der Waals surface area (Å²) in [5.41, 5.74) is 0.420. The zero-order valence-corrected chi connectivity index (χ0v) is 10.2. The molecule has 0 aliphatic rings. The van der Waals surface area contributed by atoms with Crippen molar-refractivity contribution >= 4 is 5.97 Å². The maximum atomic E-state index is 10.6. The van der Waals surface area contributed by atoms with Crippen LogP contribution in [0, 0.1) is 5.41 Å². The zero-order chi connectivity index (χ0) is 11.7. The third kappa shape index (κ3) is 11.4. The topological polar surface area (TPSA) is 46.5 Å². The average Bonchev–Trinajstić information content (AvgIpc) is 2.14. The zero-order valence-electron chi connectivity index (χ0n) is 10.2. The van der Waals surface area contributed by atoms with E-state index in [1.807, 2.05) is 0 Å². The lowest BCUT2D eigenvalue weighted by Gasteiger charge is -2.17. The average molecular weight is 216 g/mol. The highest BCUT2D eigenvalue weighted by atomic mass is 16.5. The minimum Gasteiger partial charge on any atom is -0.464 e. The summed E-state index contributed by atoms with van der Waals surface area (Å²) in [5.74, 6) is -0.523. The Hall–Kier alpha value is -0.570. The third-order valence-electron chi connectivity index (χ3n) is 2.21. The van der Waals surface area contributed by atoms with Gasteiger partial charge in [-0.15, -0.1) is 0 Å². The highest BCUT2D eigenvalue weighted by molar-refractivity contribution is 5.70. The molecule has 1 N–H and O–H groups in total. The number of aliphatic hydroxyl groups is 1. The SMILES string of the molecule is CC(C)(C)CCCCCCOC(=O)CO. The second kappa shape index (κ2) is 7.69. The lowest BCUT2D eigenvalue weighted by molar-refractivity contribution is -0.147. The molecule has 0 unspecified atom stereocenters. The Labute approximate surface area is 92.8 Å². The predicted molar refractivity (Wildman–Crippen MR) is 60.6 cm³/mol. The fourth-order valence-corrected chi connectivity index (χ4v) is 1.34. The van der Waals surface area contributed by atoms with Crippen molar-refractivity contribution in [1.82, 2.24) is 0 Å². The first kappa shape index (κ1) is 14.4. The molecule has 0 rings (SSSR count). The number of rotatable bonds is 7. The number of unbranched alkanes of at least 4 members (excludes halogenated alkanes) is 3. The Morgan fingerprint density at radius 3 is 2.27 bits per heavy atom. The molecule has 0 amide bonds. The van der Waals surface area contributed by atoms with Crippen LogP contribution in [-0.4, -0.2) is 24.3 Å². The van der Waals surface area contributed by atoms with Gasteiger partial charge in [-0.2, -0.15) is 0 Å². The van der Waals surface area contributed by atoms with Crippen LogP contribution in [0.1, 0.15) is 52.9 Å². The van der Waals surface area contributed by atoms with Crippen molar-refractivity contribution in [2.24, 2.45) is 5.41 Å². The fourth-order valence-electron chi connectivity index (χ4n) is 1.34. The molecule has 0 aromatic carbocycles. The maximum Gasteiger partial charge on any atom is 0.331 e. The summed E-state index contributed by atoms with van der Waals surface area (Å²) >= 11 is 0. The predicted octanol–water partition coefficient (Wildman–Crippen LogP) is 2.52. The molecule has 0 bridgehead atoms. The molecule has 0 aliphatic carbocycles. The third-order valence-corrected chi connectivity index (χ3v) is 2.21. The molecule has 0 saturated heterocycles. The van der Waals surface area contributed by atoms with Gasteiger partial charge < -0.3 is 9.84 Å². The van der Waals surface area contributed by atoms with Gasteiger partial charge in [0.2, 0.25) is 0 Å². The number of hydrogen-bond donors (Lipinski definition) is 1. The van der Waals surface area contributed by atoms with Gasteiger partial charge in [0.1, 0.15) is 6.61 Å². The molecule has 0 heterocycles. The molecule has 0 aliphatic heterocycles. The number of ether oxygens (including phenoxy) is 1. The van der Waals surface area contributed by atoms with Crippen molar-refractivity contribution in [1.29, 1.82) is 0 Å². The minimum atomic E-state index is -0.523. The molecule has 0 spiro atoms. The van der Waals surface area contributed by atoms with Gasteiger partial charge in [0.15, 0.2) is 0 Å². The summed E-state index contributed by atoms with van der Waals surface area (Å²) < 4.78 is 4.75. The minimum absolute atomic E-state index is 0.420. The van der Waals surface area contributed by atoms with Crippen molar-refractivity contribution < 1.29 is 14.6 Å². The largest absolute Gasteiger partial charge is 0.464 e. The van der Waals surface area contributed by atoms with Gasteiger partial charge in [-0.3, -0.25) is 0 Å². The summed E-state index contributed by atoms with van der Waals surface area (Å²) in [7, 11) is 0. The van der Waals surface area contributed by atoms with Crippen molar-refractivity contribution in [2.45, 2.75) is 52.9 Å². The summed E-state index contributed by atoms with van der Waals surface area (Å²) in [6.07, 6.45) is 5.65. The molecule has 90 valence electrons. The maximum absolute atomic E-state index is 10.6. The first-order chi connectivity index (χ1) is 6.95. The number of carbonyl (C=O) groups is 1. The van der Waals surface area contributed by atoms with E-state index in [1.54, 1.807) is 0 Å². The van der Waals surface area contributed by atoms with E-state index in [2.05, 4.69) is 20.8 Å². The number of aliphatic hydroxyl groups excluding tert-OH is 1. The second-order valence-corrected chi connectivity index (χ2v) is 5.10. The first-order valence-corrected chi connectivity index (χ1v) is 5.72. The normalized spacial score (nSPS) is 11.5. The van der Waals surface area contributed by atoms with Crippen LogP contribution < -0.4 is 0 Å². The molecule has 0 aromatic heterocycles. The van der Waals surface area contributed by atoms with Crippen LogP contribution in [0.25, 0.3) is 0 Å². The highest BCUT2D eigenvalue weighted by Gasteiger charge is 2.08. The Balaban J connectivity index is 3.16. The van der Waals surface area contributed by atoms with Crippen LogP contribution in [-0.2, 0) is 9.53 Å². The van der Waals surface area contributed by atoms with Crippen LogP contribution in [0.5, 0.6) is 0 Å². The quantitative estimate of drug-likeness (QED) is 0.525. The molecule has 3 nitrogen and oxygen atoms in total. The molecule has 0 fully saturated rings. The van der Waals surface area contributed by atoms with Crippen LogP contribution in [0.15, 0.2) is 0 Å². The Morgan fingerprint density at radius 1 is 1.13 bits per heavy atom. The van der Waals surface area contributed by atoms with E-state index in [9.17, 15) is 4.79 Å². The van der Waals surface area contributed by atoms with Gasteiger partial charge in [0.25, 0.3) is 0 Å². The van der Waals surface area contributed by atoms with Crippen molar-refractivity contribution in [3.63, 3.8) is 0 Å². The van der Waals surface area contributed by atoms with Gasteiger partial charge in [0.05, 0.1) is 6.61 Å². The summed E-state index contributed by atoms with van der Waals surface area (Å²) in [6.45, 7) is 6.67. The van der Waals surface area contributed by atoms with E-state index in [0.29, 0.717) is 12.0 Å². The summed E-state index contributed by atoms with van der Waals surface area (Å²) in [6, 6.07) is 0. The number of carbonyl (C=O) groups excluding carboxylic acids is 1. The van der Waals surface area contributed by atoms with Crippen LogP contribution in [0.4, 0.5) is 0 Å². The summed E-state index contributed by atoms with van der Waals surface area (Å²) in [5, 5.41) is 8.39.